The Morgan fingerprint density at radius 2 is 2.21 bits per heavy atom. The monoisotopic (exact) mass is 306 g/mol. The average Bonchev–Trinajstić information content (AvgIpc) is 2.37. The lowest BCUT2D eigenvalue weighted by molar-refractivity contribution is -0.141. The molecule has 4 nitrogen and oxygen atoms in total. The van der Waals surface area contributed by atoms with Crippen LogP contribution in [-0.4, -0.2) is 37.1 Å². The van der Waals surface area contributed by atoms with Crippen molar-refractivity contribution in [2.24, 2.45) is 5.73 Å². The summed E-state index contributed by atoms with van der Waals surface area (Å²) in [5, 5.41) is 0.665. The van der Waals surface area contributed by atoms with E-state index < -0.39 is 6.10 Å². The van der Waals surface area contributed by atoms with Gasteiger partial charge >= 0.3 is 0 Å². The van der Waals surface area contributed by atoms with Crippen LogP contribution >= 0.6 is 24.0 Å². The number of hydrogen-bond donors (Lipinski definition) is 1. The molecule has 0 saturated carbocycles. The highest BCUT2D eigenvalue weighted by atomic mass is 35.5. The Kier molecular flexibility index (Phi) is 8.76. The summed E-state index contributed by atoms with van der Waals surface area (Å²) in [6, 6.07) is 7.46. The van der Waals surface area contributed by atoms with E-state index in [2.05, 4.69) is 0 Å². The molecule has 19 heavy (non-hydrogen) atoms. The summed E-state index contributed by atoms with van der Waals surface area (Å²) in [5.74, 6) is -0.0949. The van der Waals surface area contributed by atoms with Crippen molar-refractivity contribution in [2.45, 2.75) is 19.6 Å². The molecule has 0 heterocycles. The molecule has 1 rings (SSSR count). The zero-order chi connectivity index (χ0) is 13.5. The number of nitrogens with two attached hydrogens (primary N) is 1. The molecule has 1 aromatic carbocycles. The van der Waals surface area contributed by atoms with Gasteiger partial charge in [-0.25, -0.2) is 0 Å². The largest absolute Gasteiger partial charge is 0.370 e. The van der Waals surface area contributed by atoms with Gasteiger partial charge in [0.1, 0.15) is 6.10 Å². The zero-order valence-corrected chi connectivity index (χ0v) is 12.7. The van der Waals surface area contributed by atoms with Gasteiger partial charge in [0.25, 0.3) is 5.91 Å². The molecule has 2 N–H and O–H groups in total. The quantitative estimate of drug-likeness (QED) is 0.875. The van der Waals surface area contributed by atoms with E-state index in [0.29, 0.717) is 18.1 Å². The van der Waals surface area contributed by atoms with Crippen LogP contribution in [0.5, 0.6) is 0 Å². The lowest BCUT2D eigenvalue weighted by Gasteiger charge is -2.25. The minimum atomic E-state index is -0.580. The first-order chi connectivity index (χ1) is 8.62. The van der Waals surface area contributed by atoms with Crippen molar-refractivity contribution in [1.29, 1.82) is 0 Å². The molecule has 0 bridgehead atoms. The maximum Gasteiger partial charge on any atom is 0.253 e. The summed E-state index contributed by atoms with van der Waals surface area (Å²) in [4.78, 5) is 13.8. The summed E-state index contributed by atoms with van der Waals surface area (Å²) in [7, 11) is 1.49. The number of rotatable bonds is 6. The van der Waals surface area contributed by atoms with Gasteiger partial charge in [0.05, 0.1) is 0 Å². The molecule has 108 valence electrons. The van der Waals surface area contributed by atoms with Gasteiger partial charge in [0.2, 0.25) is 0 Å². The fourth-order valence-electron chi connectivity index (χ4n) is 1.70. The van der Waals surface area contributed by atoms with Crippen molar-refractivity contribution < 1.29 is 9.53 Å². The van der Waals surface area contributed by atoms with Gasteiger partial charge in [-0.05, 0) is 24.6 Å². The third-order valence-electron chi connectivity index (χ3n) is 2.73. The van der Waals surface area contributed by atoms with Crippen molar-refractivity contribution in [3.05, 3.63) is 34.9 Å². The number of methoxy groups -OCH3 is 1. The molecule has 0 aliphatic heterocycles. The van der Waals surface area contributed by atoms with Crippen molar-refractivity contribution >= 4 is 29.9 Å². The first kappa shape index (κ1) is 18.2. The van der Waals surface area contributed by atoms with E-state index in [1.165, 1.54) is 7.11 Å². The molecule has 1 atom stereocenters. The SMILES string of the molecule is CCN(Cc1cccc(Cl)c1)C(=O)C(CN)OC.Cl. The van der Waals surface area contributed by atoms with Crippen LogP contribution in [0.1, 0.15) is 12.5 Å². The molecule has 0 radical (unpaired) electrons. The Balaban J connectivity index is 0.00000324. The second kappa shape index (κ2) is 9.15. The number of benzene rings is 1. The number of ether oxygens (including phenoxy) is 1. The van der Waals surface area contributed by atoms with E-state index in [4.69, 9.17) is 22.1 Å². The number of hydrogen-bond acceptors (Lipinski definition) is 3. The highest BCUT2D eigenvalue weighted by Gasteiger charge is 2.21. The molecule has 0 aromatic heterocycles. The van der Waals surface area contributed by atoms with E-state index in [-0.39, 0.29) is 24.9 Å². The first-order valence-electron chi connectivity index (χ1n) is 5.88. The fraction of sp³-hybridized carbons (Fsp3) is 0.462. The predicted molar refractivity (Wildman–Crippen MR) is 79.6 cm³/mol. The van der Waals surface area contributed by atoms with Gasteiger partial charge in [-0.3, -0.25) is 4.79 Å². The molecule has 0 aliphatic carbocycles. The lowest BCUT2D eigenvalue weighted by Crippen LogP contribution is -2.43. The Morgan fingerprint density at radius 1 is 1.53 bits per heavy atom. The van der Waals surface area contributed by atoms with Gasteiger partial charge in [-0.2, -0.15) is 0 Å². The minimum Gasteiger partial charge on any atom is -0.370 e. The average molecular weight is 307 g/mol. The van der Waals surface area contributed by atoms with Gasteiger partial charge in [-0.15, -0.1) is 12.4 Å². The molecular weight excluding hydrogens is 287 g/mol. The Bertz CT molecular complexity index is 398. The fourth-order valence-corrected chi connectivity index (χ4v) is 1.92. The summed E-state index contributed by atoms with van der Waals surface area (Å²) in [6.07, 6.45) is -0.580. The topological polar surface area (TPSA) is 55.6 Å². The van der Waals surface area contributed by atoms with Crippen LogP contribution in [0.3, 0.4) is 0 Å². The number of carbonyl (C=O) groups excluding carboxylic acids is 1. The third kappa shape index (κ3) is 5.37. The van der Waals surface area contributed by atoms with E-state index in [9.17, 15) is 4.79 Å². The lowest BCUT2D eigenvalue weighted by atomic mass is 10.2. The van der Waals surface area contributed by atoms with Crippen LogP contribution in [-0.2, 0) is 16.1 Å². The van der Waals surface area contributed by atoms with Crippen molar-refractivity contribution in [3.8, 4) is 0 Å². The van der Waals surface area contributed by atoms with Crippen LogP contribution in [0.25, 0.3) is 0 Å². The van der Waals surface area contributed by atoms with Crippen molar-refractivity contribution in [3.63, 3.8) is 0 Å². The number of carbonyl (C=O) groups is 1. The predicted octanol–water partition coefficient (Wildman–Crippen LogP) is 2.08. The smallest absolute Gasteiger partial charge is 0.253 e. The van der Waals surface area contributed by atoms with E-state index in [1.807, 2.05) is 25.1 Å². The van der Waals surface area contributed by atoms with E-state index in [1.54, 1.807) is 11.0 Å². The second-order valence-corrected chi connectivity index (χ2v) is 4.38. The first-order valence-corrected chi connectivity index (χ1v) is 6.26. The van der Waals surface area contributed by atoms with Crippen molar-refractivity contribution in [2.75, 3.05) is 20.2 Å². The number of likely N-dealkylation sites (N-methyl/N-ethyl adjacent to an activating group) is 1. The highest BCUT2D eigenvalue weighted by molar-refractivity contribution is 6.30. The third-order valence-corrected chi connectivity index (χ3v) is 2.96. The zero-order valence-electron chi connectivity index (χ0n) is 11.1. The number of halogens is 2. The number of amides is 1. The molecule has 0 spiro atoms. The molecule has 1 aromatic rings. The van der Waals surface area contributed by atoms with E-state index in [0.717, 1.165) is 5.56 Å². The Labute approximate surface area is 125 Å². The van der Waals surface area contributed by atoms with E-state index >= 15 is 0 Å². The Hall–Kier alpha value is -0.810. The second-order valence-electron chi connectivity index (χ2n) is 3.94. The van der Waals surface area contributed by atoms with Gasteiger partial charge in [0, 0.05) is 31.8 Å². The molecule has 1 amide bonds. The molecule has 0 fully saturated rings. The van der Waals surface area contributed by atoms with Gasteiger partial charge in [0.15, 0.2) is 0 Å². The van der Waals surface area contributed by atoms with Crippen LogP contribution in [0.4, 0.5) is 0 Å². The van der Waals surface area contributed by atoms with Crippen LogP contribution in [0.2, 0.25) is 5.02 Å². The molecule has 0 aliphatic rings. The summed E-state index contributed by atoms with van der Waals surface area (Å²) in [6.45, 7) is 3.22. The van der Waals surface area contributed by atoms with Crippen LogP contribution in [0.15, 0.2) is 24.3 Å². The molecule has 6 heteroatoms. The summed E-state index contributed by atoms with van der Waals surface area (Å²) >= 11 is 5.92. The normalized spacial score (nSPS) is 11.6. The maximum atomic E-state index is 12.1. The highest BCUT2D eigenvalue weighted by Crippen LogP contribution is 2.13. The molecule has 0 saturated heterocycles. The molecular formula is C13H20Cl2N2O2. The summed E-state index contributed by atoms with van der Waals surface area (Å²) in [5.41, 5.74) is 6.49. The number of nitrogens with zero attached hydrogens (tertiary/aromatic N) is 1. The minimum absolute atomic E-state index is 0. The Morgan fingerprint density at radius 3 is 2.68 bits per heavy atom. The standard InChI is InChI=1S/C13H19ClN2O2.ClH/c1-3-16(13(17)12(8-15)18-2)9-10-5-4-6-11(14)7-10;/h4-7,12H,3,8-9,15H2,1-2H3;1H. The van der Waals surface area contributed by atoms with Crippen molar-refractivity contribution in [1.82, 2.24) is 4.90 Å². The maximum absolute atomic E-state index is 12.1. The van der Waals surface area contributed by atoms with Gasteiger partial charge < -0.3 is 15.4 Å². The van der Waals surface area contributed by atoms with Gasteiger partial charge in [-0.1, -0.05) is 23.7 Å². The van der Waals surface area contributed by atoms with Crippen LogP contribution in [0, 0.1) is 0 Å². The van der Waals surface area contributed by atoms with Crippen LogP contribution < -0.4 is 5.73 Å². The summed E-state index contributed by atoms with van der Waals surface area (Å²) < 4.78 is 5.06. The molecule has 1 unspecified atom stereocenters.